The average molecular weight is 386 g/mol. The van der Waals surface area contributed by atoms with Gasteiger partial charge in [0.1, 0.15) is 16.9 Å². The molecule has 0 saturated heterocycles. The number of guanidine groups is 1. The number of rotatable bonds is 4. The smallest absolute Gasteiger partial charge is 0.348 e. The van der Waals surface area contributed by atoms with Gasteiger partial charge in [-0.15, -0.1) is 4.40 Å². The average Bonchev–Trinajstić information content (AvgIpc) is 2.61. The molecule has 10 heteroatoms. The van der Waals surface area contributed by atoms with Crippen molar-refractivity contribution in [2.24, 2.45) is 20.9 Å². The number of benzene rings is 2. The van der Waals surface area contributed by atoms with E-state index >= 15 is 0 Å². The highest BCUT2D eigenvalue weighted by Gasteiger charge is 2.13. The van der Waals surface area contributed by atoms with E-state index < -0.39 is 21.6 Å². The number of aromatic hydroxyl groups is 1. The molecule has 3 rings (SSSR count). The Bertz CT molecular complexity index is 1220. The minimum Gasteiger partial charge on any atom is -0.506 e. The normalized spacial score (nSPS) is 11.7. The van der Waals surface area contributed by atoms with Crippen LogP contribution in [-0.2, 0) is 10.0 Å². The van der Waals surface area contributed by atoms with Crippen LogP contribution in [-0.4, -0.2) is 25.7 Å². The van der Waals surface area contributed by atoms with Gasteiger partial charge in [0, 0.05) is 6.21 Å². The Balaban J connectivity index is 1.95. The standard InChI is InChI=1S/C17H14N4O5S/c18-17(19)21-27(24,25)11-7-5-10(6-8-11)20-9-13-15(22)12-3-1-2-4-14(12)26-16(13)23/h1-9,22H,(H4,18,19,21). The van der Waals surface area contributed by atoms with Gasteiger partial charge < -0.3 is 21.0 Å². The summed E-state index contributed by atoms with van der Waals surface area (Å²) in [7, 11) is -4.00. The SMILES string of the molecule is NC(N)=NS(=O)(=O)c1ccc(N=Cc2c(O)c3ccccc3oc2=O)cc1. The first-order chi connectivity index (χ1) is 12.8. The maximum absolute atomic E-state index is 12.0. The summed E-state index contributed by atoms with van der Waals surface area (Å²) in [5, 5.41) is 10.6. The summed E-state index contributed by atoms with van der Waals surface area (Å²) in [6.45, 7) is 0. The van der Waals surface area contributed by atoms with Crippen LogP contribution in [0.15, 0.2) is 72.0 Å². The zero-order valence-electron chi connectivity index (χ0n) is 13.7. The largest absolute Gasteiger partial charge is 0.506 e. The van der Waals surface area contributed by atoms with E-state index in [1.54, 1.807) is 24.3 Å². The molecule has 1 aromatic heterocycles. The fraction of sp³-hybridized carbons (Fsp3) is 0. The van der Waals surface area contributed by atoms with E-state index in [-0.39, 0.29) is 21.8 Å². The minimum atomic E-state index is -4.00. The summed E-state index contributed by atoms with van der Waals surface area (Å²) in [6, 6.07) is 11.8. The van der Waals surface area contributed by atoms with Crippen molar-refractivity contribution in [2.75, 3.05) is 0 Å². The first-order valence-corrected chi connectivity index (χ1v) is 8.97. The molecule has 0 bridgehead atoms. The van der Waals surface area contributed by atoms with Crippen LogP contribution in [0.25, 0.3) is 11.0 Å². The lowest BCUT2D eigenvalue weighted by Gasteiger charge is -2.02. The van der Waals surface area contributed by atoms with Gasteiger partial charge in [0.15, 0.2) is 0 Å². The molecule has 0 aliphatic carbocycles. The molecule has 0 unspecified atom stereocenters. The van der Waals surface area contributed by atoms with Crippen molar-refractivity contribution in [1.29, 1.82) is 0 Å². The topological polar surface area (TPSA) is 161 Å². The van der Waals surface area contributed by atoms with E-state index in [0.717, 1.165) is 6.21 Å². The molecule has 3 aromatic rings. The molecule has 0 radical (unpaired) electrons. The third kappa shape index (κ3) is 3.80. The molecular weight excluding hydrogens is 372 g/mol. The van der Waals surface area contributed by atoms with E-state index in [0.29, 0.717) is 11.1 Å². The van der Waals surface area contributed by atoms with Crippen LogP contribution in [0.5, 0.6) is 5.75 Å². The number of sulfonamides is 1. The monoisotopic (exact) mass is 386 g/mol. The second kappa shape index (κ2) is 6.92. The van der Waals surface area contributed by atoms with Crippen molar-refractivity contribution in [1.82, 2.24) is 0 Å². The Labute approximate surface area is 153 Å². The Kier molecular flexibility index (Phi) is 4.65. The molecule has 9 nitrogen and oxygen atoms in total. The summed E-state index contributed by atoms with van der Waals surface area (Å²) in [6.07, 6.45) is 1.15. The quantitative estimate of drug-likeness (QED) is 0.345. The lowest BCUT2D eigenvalue weighted by atomic mass is 10.1. The highest BCUT2D eigenvalue weighted by atomic mass is 32.2. The van der Waals surface area contributed by atoms with E-state index in [1.165, 1.54) is 24.3 Å². The fourth-order valence-electron chi connectivity index (χ4n) is 2.30. The van der Waals surface area contributed by atoms with E-state index in [1.807, 2.05) is 0 Å². The highest BCUT2D eigenvalue weighted by molar-refractivity contribution is 7.90. The number of hydrogen-bond donors (Lipinski definition) is 3. The van der Waals surface area contributed by atoms with Crippen LogP contribution < -0.4 is 17.1 Å². The Hall–Kier alpha value is -3.66. The number of nitrogens with two attached hydrogens (primary N) is 2. The van der Waals surface area contributed by atoms with Crippen LogP contribution in [0.1, 0.15) is 5.56 Å². The Morgan fingerprint density at radius 2 is 1.74 bits per heavy atom. The van der Waals surface area contributed by atoms with Gasteiger partial charge in [0.2, 0.25) is 5.96 Å². The second-order valence-electron chi connectivity index (χ2n) is 5.39. The molecule has 0 atom stereocenters. The van der Waals surface area contributed by atoms with Gasteiger partial charge in [-0.05, 0) is 36.4 Å². The van der Waals surface area contributed by atoms with Gasteiger partial charge in [0.25, 0.3) is 10.0 Å². The van der Waals surface area contributed by atoms with Gasteiger partial charge in [-0.3, -0.25) is 4.99 Å². The summed E-state index contributed by atoms with van der Waals surface area (Å²) < 4.78 is 32.1. The maximum Gasteiger partial charge on any atom is 0.348 e. The van der Waals surface area contributed by atoms with E-state index in [4.69, 9.17) is 15.9 Å². The minimum absolute atomic E-state index is 0.120. The van der Waals surface area contributed by atoms with Gasteiger partial charge in [-0.25, -0.2) is 4.79 Å². The molecule has 138 valence electrons. The lowest BCUT2D eigenvalue weighted by Crippen LogP contribution is -2.24. The zero-order valence-corrected chi connectivity index (χ0v) is 14.6. The molecule has 27 heavy (non-hydrogen) atoms. The van der Waals surface area contributed by atoms with Crippen molar-refractivity contribution in [3.05, 3.63) is 64.5 Å². The number of nitrogens with zero attached hydrogens (tertiary/aromatic N) is 2. The molecule has 2 aromatic carbocycles. The maximum atomic E-state index is 12.0. The predicted molar refractivity (Wildman–Crippen MR) is 101 cm³/mol. The number of fused-ring (bicyclic) bond motifs is 1. The molecule has 0 aliphatic heterocycles. The zero-order chi connectivity index (χ0) is 19.6. The third-order valence-electron chi connectivity index (χ3n) is 3.52. The summed E-state index contributed by atoms with van der Waals surface area (Å²) in [5.41, 5.74) is 9.90. The molecule has 0 aliphatic rings. The second-order valence-corrected chi connectivity index (χ2v) is 7.00. The van der Waals surface area contributed by atoms with Crippen LogP contribution in [0, 0.1) is 0 Å². The first kappa shape index (κ1) is 18.1. The molecular formula is C17H14N4O5S. The van der Waals surface area contributed by atoms with Crippen LogP contribution in [0.4, 0.5) is 5.69 Å². The van der Waals surface area contributed by atoms with Gasteiger partial charge in [-0.1, -0.05) is 12.1 Å². The van der Waals surface area contributed by atoms with Crippen molar-refractivity contribution < 1.29 is 17.9 Å². The van der Waals surface area contributed by atoms with Crippen molar-refractivity contribution in [3.63, 3.8) is 0 Å². The van der Waals surface area contributed by atoms with Gasteiger partial charge in [-0.2, -0.15) is 8.42 Å². The van der Waals surface area contributed by atoms with Crippen molar-refractivity contribution >= 4 is 38.9 Å². The van der Waals surface area contributed by atoms with Crippen LogP contribution >= 0.6 is 0 Å². The molecule has 0 spiro atoms. The highest BCUT2D eigenvalue weighted by Crippen LogP contribution is 2.25. The van der Waals surface area contributed by atoms with E-state index in [9.17, 15) is 18.3 Å². The molecule has 0 fully saturated rings. The Morgan fingerprint density at radius 3 is 2.41 bits per heavy atom. The molecule has 1 heterocycles. The van der Waals surface area contributed by atoms with Gasteiger partial charge >= 0.3 is 5.63 Å². The summed E-state index contributed by atoms with van der Waals surface area (Å²) >= 11 is 0. The van der Waals surface area contributed by atoms with E-state index in [2.05, 4.69) is 9.39 Å². The lowest BCUT2D eigenvalue weighted by molar-refractivity contribution is 0.466. The van der Waals surface area contributed by atoms with Crippen LogP contribution in [0.3, 0.4) is 0 Å². The number of hydrogen-bond acceptors (Lipinski definition) is 6. The Morgan fingerprint density at radius 1 is 1.07 bits per heavy atom. The van der Waals surface area contributed by atoms with Crippen LogP contribution in [0.2, 0.25) is 0 Å². The molecule has 5 N–H and O–H groups in total. The summed E-state index contributed by atoms with van der Waals surface area (Å²) in [4.78, 5) is 16.0. The predicted octanol–water partition coefficient (Wildman–Crippen LogP) is 1.21. The summed E-state index contributed by atoms with van der Waals surface area (Å²) in [5.74, 6) is -0.826. The van der Waals surface area contributed by atoms with Crippen molar-refractivity contribution in [2.45, 2.75) is 4.90 Å². The number of aliphatic imine (C=N–C) groups is 1. The third-order valence-corrected chi connectivity index (χ3v) is 4.84. The first-order valence-electron chi connectivity index (χ1n) is 7.53. The number of para-hydroxylation sites is 1. The van der Waals surface area contributed by atoms with Gasteiger partial charge in [0.05, 0.1) is 16.0 Å². The molecule has 0 saturated carbocycles. The fourth-order valence-corrected chi connectivity index (χ4v) is 3.16. The molecule has 0 amide bonds. The van der Waals surface area contributed by atoms with Crippen molar-refractivity contribution in [3.8, 4) is 5.75 Å².